The first-order chi connectivity index (χ1) is 12.5. The van der Waals surface area contributed by atoms with E-state index >= 15 is 0 Å². The van der Waals surface area contributed by atoms with Gasteiger partial charge in [-0.2, -0.15) is 0 Å². The fourth-order valence-corrected chi connectivity index (χ4v) is 3.12. The van der Waals surface area contributed by atoms with Crippen molar-refractivity contribution in [2.24, 2.45) is 5.92 Å². The maximum absolute atomic E-state index is 12.9. The number of hydrogen-bond donors (Lipinski definition) is 0. The van der Waals surface area contributed by atoms with Gasteiger partial charge in [0.05, 0.1) is 6.54 Å². The summed E-state index contributed by atoms with van der Waals surface area (Å²) in [6, 6.07) is 4.95. The van der Waals surface area contributed by atoms with Crippen LogP contribution >= 0.6 is 0 Å². The van der Waals surface area contributed by atoms with Crippen LogP contribution in [0.3, 0.4) is 0 Å². The Morgan fingerprint density at radius 2 is 1.48 bits per heavy atom. The molecule has 0 radical (unpaired) electrons. The monoisotopic (exact) mass is 372 g/mol. The maximum atomic E-state index is 12.9. The van der Waals surface area contributed by atoms with Gasteiger partial charge in [0, 0.05) is 12.1 Å². The highest BCUT2D eigenvalue weighted by molar-refractivity contribution is 6.45. The van der Waals surface area contributed by atoms with Crippen molar-refractivity contribution in [3.8, 4) is 0 Å². The van der Waals surface area contributed by atoms with E-state index in [1.54, 1.807) is 6.07 Å². The van der Waals surface area contributed by atoms with Crippen LogP contribution < -0.4 is 0 Å². The maximum Gasteiger partial charge on any atom is 0.334 e. The molecule has 1 aromatic rings. The third-order valence-corrected chi connectivity index (χ3v) is 4.65. The Labute approximate surface area is 160 Å². The molecule has 0 atom stereocenters. The lowest BCUT2D eigenvalue weighted by molar-refractivity contribution is -0.143. The van der Waals surface area contributed by atoms with Gasteiger partial charge in [-0.3, -0.25) is 19.3 Å². The first-order valence-corrected chi connectivity index (χ1v) is 9.38. The molecule has 2 rings (SSSR count). The van der Waals surface area contributed by atoms with Crippen LogP contribution in [0.2, 0.25) is 0 Å². The standard InChI is InChI=1S/C21H28N2O4/c1-12(2)10-22-19(25)20(26)23(21(22)27)11-18(24)16-8-7-15(13(3)4)9-17(16)14(5)6/h7-9,12-14H,10-11H2,1-6H3. The molecule has 1 saturated heterocycles. The summed E-state index contributed by atoms with van der Waals surface area (Å²) < 4.78 is 0. The summed E-state index contributed by atoms with van der Waals surface area (Å²) in [5.74, 6) is -1.64. The van der Waals surface area contributed by atoms with Crippen LogP contribution in [0.15, 0.2) is 18.2 Å². The van der Waals surface area contributed by atoms with Crippen LogP contribution in [-0.2, 0) is 9.59 Å². The Kier molecular flexibility index (Phi) is 6.19. The van der Waals surface area contributed by atoms with Gasteiger partial charge < -0.3 is 0 Å². The molecule has 6 heteroatoms. The molecule has 0 unspecified atom stereocenters. The van der Waals surface area contributed by atoms with Gasteiger partial charge in [-0.15, -0.1) is 0 Å². The lowest BCUT2D eigenvalue weighted by atomic mass is 9.90. The molecule has 1 aliphatic rings. The number of carbonyl (C=O) groups is 4. The molecule has 0 saturated carbocycles. The first-order valence-electron chi connectivity index (χ1n) is 9.38. The van der Waals surface area contributed by atoms with E-state index in [4.69, 9.17) is 0 Å². The number of urea groups is 1. The zero-order chi connectivity index (χ0) is 20.5. The van der Waals surface area contributed by atoms with Gasteiger partial charge in [0.15, 0.2) is 5.78 Å². The summed E-state index contributed by atoms with van der Waals surface area (Å²) in [5, 5.41) is 0. The van der Waals surface area contributed by atoms with E-state index in [1.807, 2.05) is 39.8 Å². The van der Waals surface area contributed by atoms with E-state index in [1.165, 1.54) is 0 Å². The molecule has 0 spiro atoms. The van der Waals surface area contributed by atoms with Gasteiger partial charge in [-0.05, 0) is 28.9 Å². The predicted octanol–water partition coefficient (Wildman–Crippen LogP) is 3.56. The predicted molar refractivity (Wildman–Crippen MR) is 103 cm³/mol. The zero-order valence-electron chi connectivity index (χ0n) is 16.9. The summed E-state index contributed by atoms with van der Waals surface area (Å²) in [5.41, 5.74) is 2.50. The van der Waals surface area contributed by atoms with Gasteiger partial charge in [-0.25, -0.2) is 9.69 Å². The molecule has 6 nitrogen and oxygen atoms in total. The van der Waals surface area contributed by atoms with Crippen molar-refractivity contribution in [1.82, 2.24) is 9.80 Å². The van der Waals surface area contributed by atoms with Crippen LogP contribution in [-0.4, -0.2) is 46.5 Å². The quantitative estimate of drug-likeness (QED) is 0.417. The Morgan fingerprint density at radius 3 is 2.00 bits per heavy atom. The third-order valence-electron chi connectivity index (χ3n) is 4.65. The number of rotatable bonds is 7. The SMILES string of the molecule is CC(C)CN1C(=O)C(=O)N(CC(=O)c2ccc(C(C)C)cc2C(C)C)C1=O. The normalized spacial score (nSPS) is 15.1. The number of Topliss-reactive ketones (excluding diaryl/α,β-unsaturated/α-hetero) is 1. The van der Waals surface area contributed by atoms with Crippen LogP contribution in [0, 0.1) is 5.92 Å². The van der Waals surface area contributed by atoms with Crippen LogP contribution in [0.4, 0.5) is 4.79 Å². The molecule has 0 aliphatic carbocycles. The van der Waals surface area contributed by atoms with E-state index in [9.17, 15) is 19.2 Å². The lowest BCUT2D eigenvalue weighted by Crippen LogP contribution is -2.38. The Bertz CT molecular complexity index is 780. The second kappa shape index (κ2) is 8.03. The molecular weight excluding hydrogens is 344 g/mol. The molecule has 0 N–H and O–H groups in total. The average Bonchev–Trinajstić information content (AvgIpc) is 2.78. The third kappa shape index (κ3) is 4.26. The number of benzene rings is 1. The highest BCUT2D eigenvalue weighted by atomic mass is 16.2. The average molecular weight is 372 g/mol. The number of amides is 4. The van der Waals surface area contributed by atoms with Gasteiger partial charge in [-0.1, -0.05) is 59.7 Å². The topological polar surface area (TPSA) is 74.8 Å². The van der Waals surface area contributed by atoms with Crippen molar-refractivity contribution < 1.29 is 19.2 Å². The summed E-state index contributed by atoms with van der Waals surface area (Å²) in [4.78, 5) is 51.3. The molecule has 1 aliphatic heterocycles. The highest BCUT2D eigenvalue weighted by Crippen LogP contribution is 2.26. The van der Waals surface area contributed by atoms with Crippen molar-refractivity contribution in [2.45, 2.75) is 53.4 Å². The first kappa shape index (κ1) is 20.8. The zero-order valence-corrected chi connectivity index (χ0v) is 16.9. The van der Waals surface area contributed by atoms with Crippen molar-refractivity contribution in [3.63, 3.8) is 0 Å². The minimum Gasteiger partial charge on any atom is -0.292 e. The van der Waals surface area contributed by atoms with E-state index in [0.717, 1.165) is 20.9 Å². The summed E-state index contributed by atoms with van der Waals surface area (Å²) in [6.07, 6.45) is 0. The fourth-order valence-electron chi connectivity index (χ4n) is 3.12. The van der Waals surface area contributed by atoms with Gasteiger partial charge in [0.25, 0.3) is 0 Å². The Morgan fingerprint density at radius 1 is 0.889 bits per heavy atom. The largest absolute Gasteiger partial charge is 0.334 e. The van der Waals surface area contributed by atoms with Crippen LogP contribution in [0.1, 0.15) is 74.9 Å². The molecule has 146 valence electrons. The van der Waals surface area contributed by atoms with Gasteiger partial charge >= 0.3 is 17.8 Å². The number of hydrogen-bond acceptors (Lipinski definition) is 4. The van der Waals surface area contributed by atoms with Crippen molar-refractivity contribution in [1.29, 1.82) is 0 Å². The molecule has 4 amide bonds. The van der Waals surface area contributed by atoms with Crippen LogP contribution in [0.5, 0.6) is 0 Å². The van der Waals surface area contributed by atoms with E-state index in [-0.39, 0.29) is 24.2 Å². The molecule has 0 bridgehead atoms. The van der Waals surface area contributed by atoms with Crippen LogP contribution in [0.25, 0.3) is 0 Å². The Balaban J connectivity index is 2.28. The number of carbonyl (C=O) groups excluding carboxylic acids is 4. The van der Waals surface area contributed by atoms with Gasteiger partial charge in [0.1, 0.15) is 0 Å². The minimum atomic E-state index is -0.932. The number of ketones is 1. The van der Waals surface area contributed by atoms with E-state index in [2.05, 4.69) is 13.8 Å². The molecule has 1 heterocycles. The van der Waals surface area contributed by atoms with E-state index in [0.29, 0.717) is 11.5 Å². The highest BCUT2D eigenvalue weighted by Gasteiger charge is 2.45. The molecule has 0 aromatic heterocycles. The minimum absolute atomic E-state index is 0.0393. The van der Waals surface area contributed by atoms with Gasteiger partial charge in [0.2, 0.25) is 0 Å². The van der Waals surface area contributed by atoms with Crippen molar-refractivity contribution in [2.75, 3.05) is 13.1 Å². The second-order valence-electron chi connectivity index (χ2n) is 8.06. The lowest BCUT2D eigenvalue weighted by Gasteiger charge is -2.19. The molecule has 1 aromatic carbocycles. The van der Waals surface area contributed by atoms with E-state index < -0.39 is 24.4 Å². The molecular formula is C21H28N2O4. The molecule has 27 heavy (non-hydrogen) atoms. The summed E-state index contributed by atoms with van der Waals surface area (Å²) >= 11 is 0. The molecule has 1 fully saturated rings. The van der Waals surface area contributed by atoms with Crippen molar-refractivity contribution >= 4 is 23.6 Å². The summed E-state index contributed by atoms with van der Waals surface area (Å²) in [7, 11) is 0. The smallest absolute Gasteiger partial charge is 0.292 e. The summed E-state index contributed by atoms with van der Waals surface area (Å²) in [6.45, 7) is 11.6. The number of imide groups is 2. The second-order valence-corrected chi connectivity index (χ2v) is 8.06. The Hall–Kier alpha value is -2.50. The fraction of sp³-hybridized carbons (Fsp3) is 0.524. The van der Waals surface area contributed by atoms with Crippen molar-refractivity contribution in [3.05, 3.63) is 34.9 Å². The number of nitrogens with zero attached hydrogens (tertiary/aromatic N) is 2.